The number of carbonyl (C=O) groups is 4. The van der Waals surface area contributed by atoms with Crippen molar-refractivity contribution in [3.05, 3.63) is 64.9 Å². The normalized spacial score (nSPS) is 18.4. The van der Waals surface area contributed by atoms with Crippen molar-refractivity contribution in [3.8, 4) is 11.3 Å². The Morgan fingerprint density at radius 2 is 1.54 bits per heavy atom. The van der Waals surface area contributed by atoms with Crippen LogP contribution in [0.15, 0.2) is 30.5 Å². The second-order valence-corrected chi connectivity index (χ2v) is 15.5. The van der Waals surface area contributed by atoms with Crippen LogP contribution in [0, 0.1) is 23.4 Å². The van der Waals surface area contributed by atoms with E-state index in [4.69, 9.17) is 14.2 Å². The number of hydrogen-bond donors (Lipinski definition) is 3. The summed E-state index contributed by atoms with van der Waals surface area (Å²) in [7, 11) is 0. The Kier molecular flexibility index (Phi) is 11.4. The molecule has 0 saturated carbocycles. The van der Waals surface area contributed by atoms with Crippen molar-refractivity contribution < 1.29 is 46.6 Å². The maximum atomic E-state index is 15.6. The van der Waals surface area contributed by atoms with Gasteiger partial charge in [-0.05, 0) is 78.9 Å². The topological polar surface area (TPSA) is 161 Å². The van der Waals surface area contributed by atoms with Crippen molar-refractivity contribution in [1.82, 2.24) is 15.3 Å². The summed E-state index contributed by atoms with van der Waals surface area (Å²) in [5.74, 6) is -4.88. The van der Waals surface area contributed by atoms with Crippen LogP contribution in [0.2, 0.25) is 0 Å². The predicted molar refractivity (Wildman–Crippen MR) is 194 cm³/mol. The van der Waals surface area contributed by atoms with Crippen LogP contribution in [0.3, 0.4) is 0 Å². The number of nitrogens with one attached hydrogen (secondary N) is 3. The van der Waals surface area contributed by atoms with Crippen molar-refractivity contribution in [2.75, 3.05) is 28.6 Å². The van der Waals surface area contributed by atoms with Crippen molar-refractivity contribution >= 4 is 41.1 Å². The lowest BCUT2D eigenvalue weighted by atomic mass is 9.94. The Bertz CT molecular complexity index is 1940. The van der Waals surface area contributed by atoms with Gasteiger partial charge in [0.2, 0.25) is 0 Å². The molecule has 3 heterocycles. The lowest BCUT2D eigenvalue weighted by Gasteiger charge is -2.40. The summed E-state index contributed by atoms with van der Waals surface area (Å²) in [4.78, 5) is 62.4. The lowest BCUT2D eigenvalue weighted by Crippen LogP contribution is -2.51. The molecule has 0 spiro atoms. The number of halogens is 3. The van der Waals surface area contributed by atoms with Gasteiger partial charge < -0.3 is 29.7 Å². The number of nitrogens with zero attached hydrogens (tertiary/aromatic N) is 3. The molecule has 290 valence electrons. The van der Waals surface area contributed by atoms with Gasteiger partial charge in [-0.25, -0.2) is 27.7 Å². The quantitative estimate of drug-likeness (QED) is 0.163. The molecule has 1 aromatic carbocycles. The van der Waals surface area contributed by atoms with Gasteiger partial charge in [-0.15, -0.1) is 0 Å². The third-order valence-corrected chi connectivity index (χ3v) is 8.42. The number of rotatable bonds is 7. The summed E-state index contributed by atoms with van der Waals surface area (Å²) in [5, 5.41) is 8.04. The fourth-order valence-corrected chi connectivity index (χ4v) is 6.63. The molecule has 2 unspecified atom stereocenters. The first-order valence-electron chi connectivity index (χ1n) is 17.6. The van der Waals surface area contributed by atoms with E-state index in [9.17, 15) is 28.0 Å². The fourth-order valence-electron chi connectivity index (χ4n) is 6.63. The maximum absolute atomic E-state index is 15.6. The number of esters is 1. The number of carbonyl (C=O) groups excluding carboxylic acids is 4. The minimum Gasteiger partial charge on any atom is -0.456 e. The van der Waals surface area contributed by atoms with Gasteiger partial charge >= 0.3 is 18.2 Å². The minimum absolute atomic E-state index is 0.0540. The standard InChI is InChI=1S/C38H45F3N6O7/c1-19-14-21(43-35(50)53-37(3,4)5)18-47(17-19)33-22-12-13-28(52-20(2)48)30(22)42-16-27(33)44-34(49)32-26(45-36(51)54-38(6,7)8)15-25(41)31(46-32)29-23(39)10-9-11-24(29)40/h9-11,15-16,19,21,28H,12-14,17-18H2,1-8H3,(H,43,50)(H,44,49)(H,45,51)/t19-,21?,28?/m1/s1. The van der Waals surface area contributed by atoms with E-state index in [0.29, 0.717) is 49.3 Å². The minimum atomic E-state index is -1.22. The second-order valence-electron chi connectivity index (χ2n) is 15.5. The number of piperidine rings is 1. The van der Waals surface area contributed by atoms with Gasteiger partial charge in [0.15, 0.2) is 11.5 Å². The fraction of sp³-hybridized carbons (Fsp3) is 0.474. The average Bonchev–Trinajstić information content (AvgIpc) is 3.41. The van der Waals surface area contributed by atoms with E-state index in [-0.39, 0.29) is 17.6 Å². The van der Waals surface area contributed by atoms with Crippen LogP contribution in [-0.2, 0) is 25.4 Å². The number of fused-ring (bicyclic) bond motifs is 1. The number of aromatic nitrogens is 2. The van der Waals surface area contributed by atoms with E-state index in [2.05, 4.69) is 25.9 Å². The zero-order chi connectivity index (χ0) is 39.7. The summed E-state index contributed by atoms with van der Waals surface area (Å²) in [5.41, 5.74) is -2.41. The number of hydrogen-bond acceptors (Lipinski definition) is 10. The Labute approximate surface area is 311 Å². The van der Waals surface area contributed by atoms with Crippen molar-refractivity contribution in [3.63, 3.8) is 0 Å². The molecular formula is C38H45F3N6O7. The smallest absolute Gasteiger partial charge is 0.412 e. The molecule has 5 rings (SSSR count). The van der Waals surface area contributed by atoms with Crippen LogP contribution in [0.4, 0.5) is 39.8 Å². The summed E-state index contributed by atoms with van der Waals surface area (Å²) >= 11 is 0. The SMILES string of the molecule is CC(=O)OC1CCc2c1ncc(NC(=O)c1nc(-c3c(F)cccc3F)c(F)cc1NC(=O)OC(C)(C)C)c2N1CC(NC(=O)OC(C)(C)C)C[C@@H](C)C1. The molecule has 1 fully saturated rings. The summed E-state index contributed by atoms with van der Waals surface area (Å²) in [6, 6.07) is 3.31. The van der Waals surface area contributed by atoms with Crippen LogP contribution < -0.4 is 20.9 Å². The molecule has 16 heteroatoms. The number of pyridine rings is 2. The van der Waals surface area contributed by atoms with E-state index in [0.717, 1.165) is 24.3 Å². The van der Waals surface area contributed by atoms with Gasteiger partial charge in [-0.1, -0.05) is 13.0 Å². The van der Waals surface area contributed by atoms with Gasteiger partial charge in [0.25, 0.3) is 5.91 Å². The summed E-state index contributed by atoms with van der Waals surface area (Å²) < 4.78 is 61.7. The maximum Gasteiger partial charge on any atom is 0.412 e. The van der Waals surface area contributed by atoms with Crippen LogP contribution in [0.1, 0.15) is 96.1 Å². The monoisotopic (exact) mass is 754 g/mol. The third-order valence-electron chi connectivity index (χ3n) is 8.42. The van der Waals surface area contributed by atoms with E-state index >= 15 is 4.39 Å². The number of amides is 3. The first-order chi connectivity index (χ1) is 25.2. The molecule has 13 nitrogen and oxygen atoms in total. The van der Waals surface area contributed by atoms with Crippen molar-refractivity contribution in [1.29, 1.82) is 0 Å². The van der Waals surface area contributed by atoms with E-state index in [1.54, 1.807) is 41.5 Å². The molecule has 0 radical (unpaired) electrons. The number of ether oxygens (including phenoxy) is 3. The summed E-state index contributed by atoms with van der Waals surface area (Å²) in [6.45, 7) is 14.2. The molecule has 3 aromatic rings. The zero-order valence-corrected chi connectivity index (χ0v) is 31.5. The molecule has 3 atom stereocenters. The number of anilines is 3. The molecule has 1 saturated heterocycles. The van der Waals surface area contributed by atoms with Crippen molar-refractivity contribution in [2.45, 2.75) is 98.0 Å². The first kappa shape index (κ1) is 39.8. The van der Waals surface area contributed by atoms with Crippen LogP contribution >= 0.6 is 0 Å². The van der Waals surface area contributed by atoms with Gasteiger partial charge in [-0.3, -0.25) is 19.9 Å². The third kappa shape index (κ3) is 9.57. The van der Waals surface area contributed by atoms with Gasteiger partial charge in [0.1, 0.15) is 34.6 Å². The average molecular weight is 755 g/mol. The van der Waals surface area contributed by atoms with Crippen LogP contribution in [-0.4, -0.2) is 64.4 Å². The highest BCUT2D eigenvalue weighted by Crippen LogP contribution is 2.43. The molecule has 0 bridgehead atoms. The molecule has 3 amide bonds. The molecule has 2 aromatic heterocycles. The Balaban J connectivity index is 1.58. The van der Waals surface area contributed by atoms with Gasteiger partial charge in [0.05, 0.1) is 34.5 Å². The highest BCUT2D eigenvalue weighted by atomic mass is 19.1. The van der Waals surface area contributed by atoms with Gasteiger partial charge in [0, 0.05) is 37.7 Å². The summed E-state index contributed by atoms with van der Waals surface area (Å²) in [6.07, 6.45) is 0.604. The molecule has 54 heavy (non-hydrogen) atoms. The predicted octanol–water partition coefficient (Wildman–Crippen LogP) is 7.45. The number of benzene rings is 1. The Morgan fingerprint density at radius 1 is 0.889 bits per heavy atom. The number of alkyl carbamates (subject to hydrolysis) is 1. The van der Waals surface area contributed by atoms with E-state index in [1.165, 1.54) is 13.1 Å². The largest absolute Gasteiger partial charge is 0.456 e. The Hall–Kier alpha value is -5.41. The van der Waals surface area contributed by atoms with Crippen molar-refractivity contribution in [2.24, 2.45) is 5.92 Å². The zero-order valence-electron chi connectivity index (χ0n) is 31.5. The molecular weight excluding hydrogens is 709 g/mol. The molecule has 1 aliphatic carbocycles. The van der Waals surface area contributed by atoms with Gasteiger partial charge in [-0.2, -0.15) is 0 Å². The Morgan fingerprint density at radius 3 is 2.17 bits per heavy atom. The van der Waals surface area contributed by atoms with Crippen LogP contribution in [0.25, 0.3) is 11.3 Å². The first-order valence-corrected chi connectivity index (χ1v) is 17.6. The second kappa shape index (κ2) is 15.5. The molecule has 2 aliphatic rings. The molecule has 1 aliphatic heterocycles. The van der Waals surface area contributed by atoms with E-state index in [1.807, 2.05) is 11.8 Å². The molecule has 3 N–H and O–H groups in total. The highest BCUT2D eigenvalue weighted by Gasteiger charge is 2.36. The van der Waals surface area contributed by atoms with Crippen LogP contribution in [0.5, 0.6) is 0 Å². The highest BCUT2D eigenvalue weighted by molar-refractivity contribution is 6.10. The van der Waals surface area contributed by atoms with E-state index < -0.39 is 81.5 Å². The lowest BCUT2D eigenvalue weighted by molar-refractivity contribution is -0.146.